The van der Waals surface area contributed by atoms with E-state index in [4.69, 9.17) is 0 Å². The van der Waals surface area contributed by atoms with E-state index in [1.807, 2.05) is 31.3 Å². The Morgan fingerprint density at radius 3 is 2.56 bits per heavy atom. The molecule has 6 heteroatoms. The third-order valence-corrected chi connectivity index (χ3v) is 4.47. The van der Waals surface area contributed by atoms with E-state index in [2.05, 4.69) is 5.10 Å². The molecule has 0 aliphatic carbocycles. The van der Waals surface area contributed by atoms with Crippen molar-refractivity contribution in [1.82, 2.24) is 9.78 Å². The molecule has 1 aliphatic heterocycles. The monoisotopic (exact) mass is 339 g/mol. The number of hydrogen-bond acceptors (Lipinski definition) is 2. The van der Waals surface area contributed by atoms with Crippen LogP contribution in [-0.2, 0) is 20.0 Å². The first-order chi connectivity index (χ1) is 12.0. The van der Waals surface area contributed by atoms with Gasteiger partial charge in [0.05, 0.1) is 12.7 Å². The molecule has 0 N–H and O–H groups in total. The number of aromatic nitrogens is 2. The highest BCUT2D eigenvalue weighted by Crippen LogP contribution is 2.31. The second-order valence-corrected chi connectivity index (χ2v) is 6.10. The molecule has 0 spiro atoms. The lowest BCUT2D eigenvalue weighted by molar-refractivity contribution is 0.0984. The van der Waals surface area contributed by atoms with Crippen molar-refractivity contribution in [3.05, 3.63) is 82.7 Å². The second-order valence-electron chi connectivity index (χ2n) is 6.10. The number of benzene rings is 2. The molecule has 126 valence electrons. The Kier molecular flexibility index (Phi) is 3.60. The van der Waals surface area contributed by atoms with Crippen LogP contribution >= 0.6 is 0 Å². The summed E-state index contributed by atoms with van der Waals surface area (Å²) < 4.78 is 28.9. The standard InChI is InChI=1S/C19H15F2N3O/c1-23-18-8-12-4-2-3-5-17(12)24(11-14(18)10-22-23)19(25)13-6-15(20)9-16(21)7-13/h2-7,9-10H,8,11H2,1H3. The normalized spacial score (nSPS) is 13.2. The van der Waals surface area contributed by atoms with Crippen LogP contribution in [0.15, 0.2) is 48.7 Å². The molecule has 4 nitrogen and oxygen atoms in total. The number of para-hydroxylation sites is 1. The minimum atomic E-state index is -0.770. The number of halogens is 2. The van der Waals surface area contributed by atoms with Gasteiger partial charge in [-0.15, -0.1) is 0 Å². The molecular weight excluding hydrogens is 324 g/mol. The fraction of sp³-hybridized carbons (Fsp3) is 0.158. The van der Waals surface area contributed by atoms with E-state index in [-0.39, 0.29) is 5.56 Å². The van der Waals surface area contributed by atoms with E-state index >= 15 is 0 Å². The summed E-state index contributed by atoms with van der Waals surface area (Å²) in [7, 11) is 1.86. The summed E-state index contributed by atoms with van der Waals surface area (Å²) in [5, 5.41) is 4.27. The number of rotatable bonds is 1. The van der Waals surface area contributed by atoms with Crippen LogP contribution in [0.2, 0.25) is 0 Å². The predicted molar refractivity (Wildman–Crippen MR) is 89.3 cm³/mol. The smallest absolute Gasteiger partial charge is 0.258 e. The second kappa shape index (κ2) is 5.81. The van der Waals surface area contributed by atoms with Crippen molar-refractivity contribution < 1.29 is 13.6 Å². The number of nitrogens with zero attached hydrogens (tertiary/aromatic N) is 3. The highest BCUT2D eigenvalue weighted by molar-refractivity contribution is 6.06. The third kappa shape index (κ3) is 2.69. The highest BCUT2D eigenvalue weighted by Gasteiger charge is 2.27. The molecular formula is C19H15F2N3O. The van der Waals surface area contributed by atoms with Gasteiger partial charge in [0.2, 0.25) is 0 Å². The maximum absolute atomic E-state index is 13.5. The van der Waals surface area contributed by atoms with Crippen LogP contribution < -0.4 is 4.90 Å². The molecule has 0 saturated carbocycles. The molecule has 0 saturated heterocycles. The molecule has 4 rings (SSSR count). The molecule has 3 aromatic rings. The van der Waals surface area contributed by atoms with E-state index in [1.165, 1.54) is 0 Å². The number of hydrogen-bond donors (Lipinski definition) is 0. The summed E-state index contributed by atoms with van der Waals surface area (Å²) in [5.74, 6) is -1.98. The highest BCUT2D eigenvalue weighted by atomic mass is 19.1. The summed E-state index contributed by atoms with van der Waals surface area (Å²) in [6, 6.07) is 10.4. The van der Waals surface area contributed by atoms with Crippen molar-refractivity contribution in [2.24, 2.45) is 7.05 Å². The zero-order valence-corrected chi connectivity index (χ0v) is 13.5. The van der Waals surface area contributed by atoms with E-state index in [0.29, 0.717) is 13.0 Å². The lowest BCUT2D eigenvalue weighted by atomic mass is 10.1. The zero-order chi connectivity index (χ0) is 17.6. The quantitative estimate of drug-likeness (QED) is 0.681. The molecule has 25 heavy (non-hydrogen) atoms. The molecule has 0 unspecified atom stereocenters. The van der Waals surface area contributed by atoms with Crippen LogP contribution in [0.4, 0.5) is 14.5 Å². The molecule has 1 aromatic heterocycles. The number of carbonyl (C=O) groups excluding carboxylic acids is 1. The summed E-state index contributed by atoms with van der Waals surface area (Å²) in [6.45, 7) is 0.303. The molecule has 0 bridgehead atoms. The van der Waals surface area contributed by atoms with Gasteiger partial charge in [-0.05, 0) is 23.8 Å². The van der Waals surface area contributed by atoms with Gasteiger partial charge in [-0.25, -0.2) is 8.78 Å². The molecule has 2 heterocycles. The number of aryl methyl sites for hydroxylation is 1. The zero-order valence-electron chi connectivity index (χ0n) is 13.5. The minimum absolute atomic E-state index is 0.0142. The van der Waals surface area contributed by atoms with Crippen molar-refractivity contribution >= 4 is 11.6 Å². The van der Waals surface area contributed by atoms with Crippen molar-refractivity contribution in [3.63, 3.8) is 0 Å². The maximum Gasteiger partial charge on any atom is 0.258 e. The van der Waals surface area contributed by atoms with Crippen molar-refractivity contribution in [1.29, 1.82) is 0 Å². The Hall–Kier alpha value is -3.02. The molecule has 1 aliphatic rings. The number of amides is 1. The Morgan fingerprint density at radius 2 is 1.80 bits per heavy atom. The fourth-order valence-corrected chi connectivity index (χ4v) is 3.24. The molecule has 2 aromatic carbocycles. The van der Waals surface area contributed by atoms with Crippen LogP contribution in [0, 0.1) is 11.6 Å². The van der Waals surface area contributed by atoms with Crippen LogP contribution in [0.5, 0.6) is 0 Å². The van der Waals surface area contributed by atoms with Gasteiger partial charge in [0, 0.05) is 42.0 Å². The topological polar surface area (TPSA) is 38.1 Å². The number of fused-ring (bicyclic) bond motifs is 2. The summed E-state index contributed by atoms with van der Waals surface area (Å²) in [4.78, 5) is 14.6. The van der Waals surface area contributed by atoms with Crippen LogP contribution in [0.3, 0.4) is 0 Å². The summed E-state index contributed by atoms with van der Waals surface area (Å²) >= 11 is 0. The number of carbonyl (C=O) groups is 1. The van der Waals surface area contributed by atoms with Crippen LogP contribution in [0.25, 0.3) is 0 Å². The van der Waals surface area contributed by atoms with Gasteiger partial charge in [-0.1, -0.05) is 18.2 Å². The minimum Gasteiger partial charge on any atom is -0.304 e. The van der Waals surface area contributed by atoms with Gasteiger partial charge in [0.15, 0.2) is 0 Å². The van der Waals surface area contributed by atoms with Crippen molar-refractivity contribution in [2.45, 2.75) is 13.0 Å². The first-order valence-corrected chi connectivity index (χ1v) is 7.88. The van der Waals surface area contributed by atoms with E-state index in [0.717, 1.165) is 40.7 Å². The van der Waals surface area contributed by atoms with Gasteiger partial charge in [0.1, 0.15) is 11.6 Å². The Labute approximate surface area is 143 Å². The third-order valence-electron chi connectivity index (χ3n) is 4.47. The van der Waals surface area contributed by atoms with Gasteiger partial charge in [0.25, 0.3) is 5.91 Å². The lowest BCUT2D eigenvalue weighted by Gasteiger charge is -2.23. The first-order valence-electron chi connectivity index (χ1n) is 7.88. The largest absolute Gasteiger partial charge is 0.304 e. The SMILES string of the molecule is Cn1ncc2c1Cc1ccccc1N(C(=O)c1cc(F)cc(F)c1)C2. The van der Waals surface area contributed by atoms with Gasteiger partial charge < -0.3 is 4.90 Å². The molecule has 1 amide bonds. The Morgan fingerprint density at radius 1 is 1.08 bits per heavy atom. The van der Waals surface area contributed by atoms with Crippen molar-refractivity contribution in [3.8, 4) is 0 Å². The average Bonchev–Trinajstić information content (AvgIpc) is 2.83. The summed E-state index contributed by atoms with van der Waals surface area (Å²) in [6.07, 6.45) is 2.37. The van der Waals surface area contributed by atoms with Gasteiger partial charge in [-0.3, -0.25) is 9.48 Å². The predicted octanol–water partition coefficient (Wildman–Crippen LogP) is 3.45. The average molecular weight is 339 g/mol. The lowest BCUT2D eigenvalue weighted by Crippen LogP contribution is -2.30. The van der Waals surface area contributed by atoms with Gasteiger partial charge in [-0.2, -0.15) is 5.10 Å². The van der Waals surface area contributed by atoms with E-state index in [1.54, 1.807) is 15.8 Å². The van der Waals surface area contributed by atoms with E-state index in [9.17, 15) is 13.6 Å². The maximum atomic E-state index is 13.5. The Bertz CT molecular complexity index is 960. The Balaban J connectivity index is 1.84. The van der Waals surface area contributed by atoms with Crippen LogP contribution in [0.1, 0.15) is 27.2 Å². The molecule has 0 radical (unpaired) electrons. The van der Waals surface area contributed by atoms with E-state index < -0.39 is 17.5 Å². The van der Waals surface area contributed by atoms with Gasteiger partial charge >= 0.3 is 0 Å². The van der Waals surface area contributed by atoms with Crippen molar-refractivity contribution in [2.75, 3.05) is 4.90 Å². The summed E-state index contributed by atoms with van der Waals surface area (Å²) in [5.41, 5.74) is 3.64. The molecule has 0 atom stereocenters. The fourth-order valence-electron chi connectivity index (χ4n) is 3.24. The molecule has 0 fully saturated rings. The van der Waals surface area contributed by atoms with Crippen LogP contribution in [-0.4, -0.2) is 15.7 Å². The first kappa shape index (κ1) is 15.5. The number of anilines is 1.